The monoisotopic (exact) mass is 284 g/mol. The van der Waals surface area contributed by atoms with Crippen LogP contribution in [-0.4, -0.2) is 21.7 Å². The Morgan fingerprint density at radius 2 is 1.95 bits per heavy atom. The van der Waals surface area contributed by atoms with Crippen LogP contribution in [0.4, 0.5) is 13.2 Å². The molecule has 0 aliphatic rings. The molecule has 0 bridgehead atoms. The first-order valence-corrected chi connectivity index (χ1v) is 6.21. The molecule has 1 aromatic heterocycles. The molecule has 1 aromatic carbocycles. The molecule has 2 rings (SSSR count). The number of aromatic nitrogens is 3. The first-order valence-electron chi connectivity index (χ1n) is 6.21. The third-order valence-corrected chi connectivity index (χ3v) is 3.02. The summed E-state index contributed by atoms with van der Waals surface area (Å²) in [5.41, 5.74) is 0.186. The Balaban J connectivity index is 1.87. The maximum Gasteiger partial charge on any atom is 0.416 e. The molecule has 2 aromatic rings. The lowest BCUT2D eigenvalue weighted by atomic mass is 10.1. The number of halogens is 3. The van der Waals surface area contributed by atoms with Crippen molar-refractivity contribution in [3.05, 3.63) is 47.5 Å². The van der Waals surface area contributed by atoms with Gasteiger partial charge in [-0.1, -0.05) is 12.1 Å². The fraction of sp³-hybridized carbons (Fsp3) is 0.385. The molecule has 20 heavy (non-hydrogen) atoms. The van der Waals surface area contributed by atoms with E-state index in [1.54, 1.807) is 0 Å². The molecule has 0 amide bonds. The molecule has 1 atom stereocenters. The van der Waals surface area contributed by atoms with Crippen molar-refractivity contribution in [2.45, 2.75) is 25.6 Å². The van der Waals surface area contributed by atoms with E-state index < -0.39 is 11.7 Å². The number of rotatable bonds is 5. The van der Waals surface area contributed by atoms with Crippen molar-refractivity contribution in [3.63, 3.8) is 0 Å². The van der Waals surface area contributed by atoms with E-state index in [0.717, 1.165) is 23.5 Å². The zero-order valence-electron chi connectivity index (χ0n) is 10.9. The minimum absolute atomic E-state index is 0.0276. The van der Waals surface area contributed by atoms with Gasteiger partial charge in [0.2, 0.25) is 0 Å². The Kier molecular flexibility index (Phi) is 4.39. The second-order valence-corrected chi connectivity index (χ2v) is 4.48. The predicted octanol–water partition coefficient (Wildman–Crippen LogP) is 2.72. The number of alkyl halides is 3. The van der Waals surface area contributed by atoms with E-state index in [1.807, 2.05) is 6.92 Å². The summed E-state index contributed by atoms with van der Waals surface area (Å²) in [6.07, 6.45) is -2.17. The van der Waals surface area contributed by atoms with Crippen LogP contribution in [0.1, 0.15) is 29.9 Å². The highest BCUT2D eigenvalue weighted by atomic mass is 19.4. The number of nitrogens with zero attached hydrogens (tertiary/aromatic N) is 2. The van der Waals surface area contributed by atoms with Crippen LogP contribution in [0.15, 0.2) is 30.6 Å². The standard InChI is InChI=1S/C13H15F3N4/c1-9(17-7-6-12-18-8-19-20-12)10-2-4-11(5-3-10)13(14,15)16/h2-5,8-9,17H,6-7H2,1H3,(H,18,19,20). The Bertz CT molecular complexity index is 520. The second-order valence-electron chi connectivity index (χ2n) is 4.48. The number of benzene rings is 1. The van der Waals surface area contributed by atoms with Crippen molar-refractivity contribution in [3.8, 4) is 0 Å². The molecule has 0 fully saturated rings. The lowest BCUT2D eigenvalue weighted by Gasteiger charge is -2.15. The van der Waals surface area contributed by atoms with Gasteiger partial charge in [0.05, 0.1) is 5.56 Å². The lowest BCUT2D eigenvalue weighted by Crippen LogP contribution is -2.21. The van der Waals surface area contributed by atoms with Crippen LogP contribution in [0.3, 0.4) is 0 Å². The molecule has 0 spiro atoms. The summed E-state index contributed by atoms with van der Waals surface area (Å²) in [5, 5.41) is 9.72. The summed E-state index contributed by atoms with van der Waals surface area (Å²) in [7, 11) is 0. The van der Waals surface area contributed by atoms with Gasteiger partial charge in [0.25, 0.3) is 0 Å². The Labute approximate surface area is 114 Å². The zero-order valence-corrected chi connectivity index (χ0v) is 10.9. The predicted molar refractivity (Wildman–Crippen MR) is 67.9 cm³/mol. The smallest absolute Gasteiger partial charge is 0.310 e. The maximum absolute atomic E-state index is 12.4. The van der Waals surface area contributed by atoms with Crippen LogP contribution in [0.25, 0.3) is 0 Å². The average Bonchev–Trinajstić information content (AvgIpc) is 2.91. The van der Waals surface area contributed by atoms with E-state index in [9.17, 15) is 13.2 Å². The van der Waals surface area contributed by atoms with Crippen molar-refractivity contribution < 1.29 is 13.2 Å². The molecule has 0 radical (unpaired) electrons. The van der Waals surface area contributed by atoms with Gasteiger partial charge in [0.15, 0.2) is 0 Å². The number of H-pyrrole nitrogens is 1. The van der Waals surface area contributed by atoms with Gasteiger partial charge in [-0.2, -0.15) is 18.3 Å². The van der Waals surface area contributed by atoms with Crippen LogP contribution in [0.2, 0.25) is 0 Å². The minimum atomic E-state index is -4.29. The molecule has 1 unspecified atom stereocenters. The topological polar surface area (TPSA) is 53.6 Å². The molecule has 0 saturated heterocycles. The van der Waals surface area contributed by atoms with Gasteiger partial charge in [-0.3, -0.25) is 5.10 Å². The highest BCUT2D eigenvalue weighted by molar-refractivity contribution is 5.26. The Hall–Kier alpha value is -1.89. The molecule has 2 N–H and O–H groups in total. The Morgan fingerprint density at radius 1 is 1.25 bits per heavy atom. The second kappa shape index (κ2) is 6.04. The van der Waals surface area contributed by atoms with Crippen molar-refractivity contribution in [2.24, 2.45) is 0 Å². The first-order chi connectivity index (χ1) is 9.47. The third-order valence-electron chi connectivity index (χ3n) is 3.02. The lowest BCUT2D eigenvalue weighted by molar-refractivity contribution is -0.137. The van der Waals surface area contributed by atoms with Gasteiger partial charge in [-0.05, 0) is 24.6 Å². The number of hydrogen-bond acceptors (Lipinski definition) is 3. The SMILES string of the molecule is CC(NCCc1ncn[nH]1)c1ccc(C(F)(F)F)cc1. The van der Waals surface area contributed by atoms with Crippen molar-refractivity contribution in [1.29, 1.82) is 0 Å². The quantitative estimate of drug-likeness (QED) is 0.887. The average molecular weight is 284 g/mol. The fourth-order valence-corrected chi connectivity index (χ4v) is 1.84. The largest absolute Gasteiger partial charge is 0.416 e. The number of aromatic amines is 1. The van der Waals surface area contributed by atoms with Crippen LogP contribution >= 0.6 is 0 Å². The van der Waals surface area contributed by atoms with E-state index in [0.29, 0.717) is 13.0 Å². The molecule has 0 saturated carbocycles. The highest BCUT2D eigenvalue weighted by Crippen LogP contribution is 2.29. The van der Waals surface area contributed by atoms with Gasteiger partial charge < -0.3 is 5.32 Å². The third kappa shape index (κ3) is 3.80. The summed E-state index contributed by atoms with van der Waals surface area (Å²) >= 11 is 0. The summed E-state index contributed by atoms with van der Waals surface area (Å²) < 4.78 is 37.3. The van der Waals surface area contributed by atoms with Gasteiger partial charge in [-0.15, -0.1) is 0 Å². The van der Waals surface area contributed by atoms with Gasteiger partial charge in [-0.25, -0.2) is 4.98 Å². The molecule has 1 heterocycles. The highest BCUT2D eigenvalue weighted by Gasteiger charge is 2.30. The van der Waals surface area contributed by atoms with Crippen LogP contribution < -0.4 is 5.32 Å². The van der Waals surface area contributed by atoms with Gasteiger partial charge in [0.1, 0.15) is 12.2 Å². The van der Waals surface area contributed by atoms with E-state index in [2.05, 4.69) is 20.5 Å². The van der Waals surface area contributed by atoms with E-state index in [1.165, 1.54) is 18.5 Å². The summed E-state index contributed by atoms with van der Waals surface area (Å²) in [4.78, 5) is 3.99. The normalized spacial score (nSPS) is 13.4. The minimum Gasteiger partial charge on any atom is -0.310 e. The summed E-state index contributed by atoms with van der Waals surface area (Å²) in [6, 6.07) is 5.16. The molecular weight excluding hydrogens is 269 g/mol. The van der Waals surface area contributed by atoms with Crippen molar-refractivity contribution in [2.75, 3.05) is 6.54 Å². The molecule has 108 valence electrons. The molecule has 0 aliphatic carbocycles. The van der Waals surface area contributed by atoms with E-state index in [4.69, 9.17) is 0 Å². The maximum atomic E-state index is 12.4. The van der Waals surface area contributed by atoms with Crippen LogP contribution in [0.5, 0.6) is 0 Å². The van der Waals surface area contributed by atoms with Crippen molar-refractivity contribution in [1.82, 2.24) is 20.5 Å². The molecule has 4 nitrogen and oxygen atoms in total. The number of nitrogens with one attached hydrogen (secondary N) is 2. The fourth-order valence-electron chi connectivity index (χ4n) is 1.84. The molecular formula is C13H15F3N4. The van der Waals surface area contributed by atoms with Crippen molar-refractivity contribution >= 4 is 0 Å². The molecule has 0 aliphatic heterocycles. The van der Waals surface area contributed by atoms with Gasteiger partial charge in [0, 0.05) is 19.0 Å². The van der Waals surface area contributed by atoms with E-state index in [-0.39, 0.29) is 6.04 Å². The van der Waals surface area contributed by atoms with Crippen LogP contribution in [0, 0.1) is 0 Å². The van der Waals surface area contributed by atoms with Gasteiger partial charge >= 0.3 is 6.18 Å². The first kappa shape index (κ1) is 14.5. The molecule has 7 heteroatoms. The summed E-state index contributed by atoms with van der Waals surface area (Å²) in [5.74, 6) is 0.775. The van der Waals surface area contributed by atoms with Crippen LogP contribution in [-0.2, 0) is 12.6 Å². The van der Waals surface area contributed by atoms with E-state index >= 15 is 0 Å². The Morgan fingerprint density at radius 3 is 2.50 bits per heavy atom. The number of hydrogen-bond donors (Lipinski definition) is 2. The summed E-state index contributed by atoms with van der Waals surface area (Å²) in [6.45, 7) is 2.57. The zero-order chi connectivity index (χ0) is 14.6.